The van der Waals surface area contributed by atoms with Crippen LogP contribution in [0.25, 0.3) is 12.2 Å². The van der Waals surface area contributed by atoms with Gasteiger partial charge in [-0.15, -0.1) is 0 Å². The first-order chi connectivity index (χ1) is 9.81. The Morgan fingerprint density at radius 1 is 1.38 bits per heavy atom. The summed E-state index contributed by atoms with van der Waals surface area (Å²) in [7, 11) is 0. The summed E-state index contributed by atoms with van der Waals surface area (Å²) in [6, 6.07) is 0.416. The first kappa shape index (κ1) is 15.0. The number of halogens is 3. The van der Waals surface area contributed by atoms with E-state index in [-0.39, 0.29) is 5.82 Å². The third kappa shape index (κ3) is 3.39. The number of nitrogens with one attached hydrogen (secondary N) is 1. The van der Waals surface area contributed by atoms with Crippen molar-refractivity contribution in [3.63, 3.8) is 0 Å². The third-order valence-corrected chi connectivity index (χ3v) is 2.76. The summed E-state index contributed by atoms with van der Waals surface area (Å²) in [5.41, 5.74) is -0.826. The zero-order chi connectivity index (χ0) is 15.6. The summed E-state index contributed by atoms with van der Waals surface area (Å²) >= 11 is 0. The number of aromatic nitrogens is 3. The molecule has 0 atom stereocenters. The summed E-state index contributed by atoms with van der Waals surface area (Å²) in [4.78, 5) is 16.9. The van der Waals surface area contributed by atoms with Crippen LogP contribution in [0, 0.1) is 6.92 Å². The second kappa shape index (κ2) is 5.55. The van der Waals surface area contributed by atoms with Crippen molar-refractivity contribution in [2.75, 3.05) is 0 Å². The van der Waals surface area contributed by atoms with E-state index in [0.717, 1.165) is 0 Å². The molecule has 0 radical (unpaired) electrons. The van der Waals surface area contributed by atoms with Crippen LogP contribution in [0.1, 0.15) is 35.5 Å². The normalized spacial score (nSPS) is 12.2. The number of aromatic amines is 1. The van der Waals surface area contributed by atoms with Crippen molar-refractivity contribution >= 4 is 12.2 Å². The maximum Gasteiger partial charge on any atom is 0.433 e. The minimum atomic E-state index is -4.67. The summed E-state index contributed by atoms with van der Waals surface area (Å²) in [5, 5.41) is 3.78. The number of H-pyrrole nitrogens is 1. The molecule has 2 aromatic rings. The van der Waals surface area contributed by atoms with Gasteiger partial charge in [-0.25, -0.2) is 4.98 Å². The van der Waals surface area contributed by atoms with Crippen LogP contribution >= 0.6 is 0 Å². The van der Waals surface area contributed by atoms with Crippen LogP contribution in [-0.4, -0.2) is 15.1 Å². The molecule has 0 unspecified atom stereocenters. The van der Waals surface area contributed by atoms with Gasteiger partial charge < -0.3 is 9.51 Å². The number of nitrogens with zero attached hydrogens (tertiary/aromatic N) is 2. The molecule has 0 aliphatic heterocycles. The smallest absolute Gasteiger partial charge is 0.361 e. The van der Waals surface area contributed by atoms with Crippen LogP contribution < -0.4 is 5.56 Å². The molecule has 1 N–H and O–H groups in total. The molecule has 0 aliphatic rings. The number of aryl methyl sites for hydroxylation is 2. The van der Waals surface area contributed by atoms with Gasteiger partial charge >= 0.3 is 6.18 Å². The molecule has 2 rings (SSSR count). The Balaban J connectivity index is 2.40. The molecule has 21 heavy (non-hydrogen) atoms. The van der Waals surface area contributed by atoms with Gasteiger partial charge in [0.1, 0.15) is 11.6 Å². The van der Waals surface area contributed by atoms with Gasteiger partial charge in [-0.2, -0.15) is 13.2 Å². The lowest BCUT2D eigenvalue weighted by molar-refractivity contribution is -0.141. The van der Waals surface area contributed by atoms with Crippen LogP contribution in [0.4, 0.5) is 13.2 Å². The maximum atomic E-state index is 12.6. The van der Waals surface area contributed by atoms with E-state index in [1.165, 1.54) is 12.2 Å². The average Bonchev–Trinajstić information content (AvgIpc) is 2.75. The van der Waals surface area contributed by atoms with Gasteiger partial charge in [0.15, 0.2) is 5.69 Å². The van der Waals surface area contributed by atoms with E-state index in [0.29, 0.717) is 29.5 Å². The van der Waals surface area contributed by atoms with E-state index in [2.05, 4.69) is 15.1 Å². The molecule has 0 saturated carbocycles. The number of alkyl halides is 3. The zero-order valence-corrected chi connectivity index (χ0v) is 11.3. The standard InChI is InChI=1S/C13H12F3N3O2/c1-3-9-8(7(2)19-21-9)4-5-11-17-10(13(14,15)16)6-12(20)18-11/h4-6H,3H2,1-2H3,(H,17,18,20)/b5-4+. The summed E-state index contributed by atoms with van der Waals surface area (Å²) in [5.74, 6) is 0.426. The fourth-order valence-electron chi connectivity index (χ4n) is 1.76. The van der Waals surface area contributed by atoms with E-state index in [4.69, 9.17) is 4.52 Å². The Hall–Kier alpha value is -2.38. The molecule has 0 aromatic carbocycles. The number of hydrogen-bond donors (Lipinski definition) is 1. The Labute approximate surface area is 117 Å². The van der Waals surface area contributed by atoms with Crippen molar-refractivity contribution in [2.45, 2.75) is 26.4 Å². The van der Waals surface area contributed by atoms with Gasteiger partial charge in [-0.05, 0) is 19.1 Å². The SMILES string of the molecule is CCc1onc(C)c1/C=C/c1nc(C(F)(F)F)cc(=O)[nH]1. The lowest BCUT2D eigenvalue weighted by atomic mass is 10.1. The fourth-order valence-corrected chi connectivity index (χ4v) is 1.76. The topological polar surface area (TPSA) is 71.8 Å². The Kier molecular flexibility index (Phi) is 3.97. The lowest BCUT2D eigenvalue weighted by Crippen LogP contribution is -2.17. The van der Waals surface area contributed by atoms with Crippen LogP contribution in [-0.2, 0) is 12.6 Å². The van der Waals surface area contributed by atoms with Crippen molar-refractivity contribution in [3.05, 3.63) is 45.0 Å². The van der Waals surface area contributed by atoms with E-state index in [1.54, 1.807) is 6.92 Å². The van der Waals surface area contributed by atoms with Gasteiger partial charge in [-0.3, -0.25) is 4.79 Å². The second-order valence-corrected chi connectivity index (χ2v) is 4.31. The highest BCUT2D eigenvalue weighted by molar-refractivity contribution is 5.68. The largest absolute Gasteiger partial charge is 0.433 e. The highest BCUT2D eigenvalue weighted by Crippen LogP contribution is 2.26. The van der Waals surface area contributed by atoms with E-state index in [9.17, 15) is 18.0 Å². The molecule has 2 aromatic heterocycles. The third-order valence-electron chi connectivity index (χ3n) is 2.76. The summed E-state index contributed by atoms with van der Waals surface area (Å²) in [6.07, 6.45) is -1.27. The second-order valence-electron chi connectivity index (χ2n) is 4.31. The summed E-state index contributed by atoms with van der Waals surface area (Å²) in [6.45, 7) is 3.58. The van der Waals surface area contributed by atoms with Gasteiger partial charge in [0.25, 0.3) is 5.56 Å². The molecular formula is C13H12F3N3O2. The Morgan fingerprint density at radius 3 is 2.71 bits per heavy atom. The van der Waals surface area contributed by atoms with Crippen molar-refractivity contribution in [3.8, 4) is 0 Å². The van der Waals surface area contributed by atoms with E-state index < -0.39 is 17.4 Å². The van der Waals surface area contributed by atoms with Crippen molar-refractivity contribution in [2.24, 2.45) is 0 Å². The van der Waals surface area contributed by atoms with Crippen molar-refractivity contribution < 1.29 is 17.7 Å². The van der Waals surface area contributed by atoms with E-state index >= 15 is 0 Å². The Morgan fingerprint density at radius 2 is 2.10 bits per heavy atom. The molecular weight excluding hydrogens is 287 g/mol. The molecule has 0 aliphatic carbocycles. The Bertz CT molecular complexity index is 729. The first-order valence-corrected chi connectivity index (χ1v) is 6.13. The predicted octanol–water partition coefficient (Wildman–Crippen LogP) is 2.82. The van der Waals surface area contributed by atoms with Gasteiger partial charge in [0.2, 0.25) is 0 Å². The molecule has 0 fully saturated rings. The monoisotopic (exact) mass is 299 g/mol. The molecule has 0 saturated heterocycles. The highest BCUT2D eigenvalue weighted by Gasteiger charge is 2.33. The van der Waals surface area contributed by atoms with Crippen molar-refractivity contribution in [1.82, 2.24) is 15.1 Å². The van der Waals surface area contributed by atoms with Gasteiger partial charge in [0, 0.05) is 18.1 Å². The predicted molar refractivity (Wildman–Crippen MR) is 69.4 cm³/mol. The molecule has 112 valence electrons. The molecule has 8 heteroatoms. The minimum Gasteiger partial charge on any atom is -0.361 e. The maximum absolute atomic E-state index is 12.6. The average molecular weight is 299 g/mol. The first-order valence-electron chi connectivity index (χ1n) is 6.13. The van der Waals surface area contributed by atoms with Gasteiger partial charge in [-0.1, -0.05) is 12.1 Å². The van der Waals surface area contributed by atoms with Crippen molar-refractivity contribution in [1.29, 1.82) is 0 Å². The van der Waals surface area contributed by atoms with E-state index in [1.807, 2.05) is 6.92 Å². The van der Waals surface area contributed by atoms with Crippen LogP contribution in [0.2, 0.25) is 0 Å². The number of hydrogen-bond acceptors (Lipinski definition) is 4. The quantitative estimate of drug-likeness (QED) is 0.946. The van der Waals surface area contributed by atoms with Crippen LogP contribution in [0.15, 0.2) is 15.4 Å². The van der Waals surface area contributed by atoms with Crippen LogP contribution in [0.3, 0.4) is 0 Å². The van der Waals surface area contributed by atoms with Gasteiger partial charge in [0.05, 0.1) is 5.69 Å². The fraction of sp³-hybridized carbons (Fsp3) is 0.308. The molecule has 5 nitrogen and oxygen atoms in total. The molecule has 0 amide bonds. The molecule has 0 spiro atoms. The highest BCUT2D eigenvalue weighted by atomic mass is 19.4. The minimum absolute atomic E-state index is 0.183. The lowest BCUT2D eigenvalue weighted by Gasteiger charge is -2.05. The molecule has 2 heterocycles. The zero-order valence-electron chi connectivity index (χ0n) is 11.3. The number of rotatable bonds is 3. The summed E-state index contributed by atoms with van der Waals surface area (Å²) < 4.78 is 42.8. The van der Waals surface area contributed by atoms with Crippen LogP contribution in [0.5, 0.6) is 0 Å². The molecule has 0 bridgehead atoms.